The number of nitrogens with one attached hydrogen (secondary N) is 2. The van der Waals surface area contributed by atoms with Gasteiger partial charge in [0.1, 0.15) is 17.1 Å². The van der Waals surface area contributed by atoms with Crippen LogP contribution in [0.3, 0.4) is 0 Å². The summed E-state index contributed by atoms with van der Waals surface area (Å²) in [6, 6.07) is 17.0. The van der Waals surface area contributed by atoms with Crippen molar-refractivity contribution in [3.8, 4) is 0 Å². The van der Waals surface area contributed by atoms with Crippen molar-refractivity contribution in [3.05, 3.63) is 65.7 Å². The maximum atomic E-state index is 13.8. The topological polar surface area (TPSA) is 123 Å². The highest BCUT2D eigenvalue weighted by Gasteiger charge is 2.45. The van der Waals surface area contributed by atoms with E-state index < -0.39 is 28.9 Å². The number of piperidine rings is 1. The number of amides is 2. The maximum absolute atomic E-state index is 13.8. The molecule has 2 aromatic rings. The average Bonchev–Trinajstić information content (AvgIpc) is 3.30. The van der Waals surface area contributed by atoms with E-state index in [2.05, 4.69) is 28.8 Å². The molecule has 2 heterocycles. The number of hydrogen-bond acceptors (Lipinski definition) is 7. The molecule has 0 bridgehead atoms. The molecule has 216 valence electrons. The normalized spacial score (nSPS) is 17.1. The van der Waals surface area contributed by atoms with E-state index in [0.717, 1.165) is 30.6 Å². The monoisotopic (exact) mass is 550 g/mol. The Bertz CT molecular complexity index is 1210. The lowest BCUT2D eigenvalue weighted by Crippen LogP contribution is -2.57. The van der Waals surface area contributed by atoms with Crippen molar-refractivity contribution in [2.75, 3.05) is 38.1 Å². The summed E-state index contributed by atoms with van der Waals surface area (Å²) >= 11 is 0. The highest BCUT2D eigenvalue weighted by Crippen LogP contribution is 2.43. The third-order valence-electron chi connectivity index (χ3n) is 8.09. The van der Waals surface area contributed by atoms with Gasteiger partial charge in [-0.1, -0.05) is 48.5 Å². The summed E-state index contributed by atoms with van der Waals surface area (Å²) in [5.41, 5.74) is 6.67. The quantitative estimate of drug-likeness (QED) is 0.307. The molecule has 0 aliphatic carbocycles. The van der Waals surface area contributed by atoms with Gasteiger partial charge in [-0.2, -0.15) is 0 Å². The second-order valence-electron chi connectivity index (χ2n) is 12.0. The fourth-order valence-electron chi connectivity index (χ4n) is 5.18. The summed E-state index contributed by atoms with van der Waals surface area (Å²) in [4.78, 5) is 41.9. The van der Waals surface area contributed by atoms with E-state index in [1.807, 2.05) is 36.4 Å². The smallest absolute Gasteiger partial charge is 0.321 e. The number of carbonyl (C=O) groups is 3. The van der Waals surface area contributed by atoms with Crippen LogP contribution in [0.25, 0.3) is 0 Å². The first-order chi connectivity index (χ1) is 19.0. The minimum Gasteiger partial charge on any atom is -0.458 e. The van der Waals surface area contributed by atoms with E-state index in [9.17, 15) is 14.4 Å². The largest absolute Gasteiger partial charge is 0.458 e. The number of likely N-dealkylation sites (tertiary alicyclic amines) is 1. The molecule has 1 spiro atoms. The van der Waals surface area contributed by atoms with E-state index in [1.165, 1.54) is 19.4 Å². The number of ether oxygens (including phenoxy) is 2. The van der Waals surface area contributed by atoms with E-state index in [0.29, 0.717) is 19.7 Å². The van der Waals surface area contributed by atoms with E-state index in [4.69, 9.17) is 15.2 Å². The summed E-state index contributed by atoms with van der Waals surface area (Å²) in [7, 11) is 0. The van der Waals surface area contributed by atoms with Gasteiger partial charge in [0.25, 0.3) is 0 Å². The molecule has 1 saturated heterocycles. The number of esters is 1. The van der Waals surface area contributed by atoms with E-state index in [1.54, 1.807) is 18.7 Å². The first kappa shape index (κ1) is 29.6. The van der Waals surface area contributed by atoms with Crippen molar-refractivity contribution < 1.29 is 23.9 Å². The summed E-state index contributed by atoms with van der Waals surface area (Å²) in [6.45, 7) is 8.70. The minimum atomic E-state index is -1.53. The third-order valence-corrected chi connectivity index (χ3v) is 8.09. The molecular formula is C31H42N4O5. The van der Waals surface area contributed by atoms with Gasteiger partial charge in [0.05, 0.1) is 13.2 Å². The molecule has 0 saturated carbocycles. The van der Waals surface area contributed by atoms with Gasteiger partial charge in [0.2, 0.25) is 11.8 Å². The second kappa shape index (κ2) is 12.0. The van der Waals surface area contributed by atoms with Gasteiger partial charge in [-0.15, -0.1) is 0 Å². The van der Waals surface area contributed by atoms with Crippen LogP contribution in [0.4, 0.5) is 5.69 Å². The molecular weight excluding hydrogens is 508 g/mol. The van der Waals surface area contributed by atoms with Gasteiger partial charge in [-0.05, 0) is 57.7 Å². The van der Waals surface area contributed by atoms with Gasteiger partial charge < -0.3 is 30.7 Å². The SMILES string of the molecule is CC(C)(CN)OC(=O)C(C)(C)C(=O)N[C@H](COCc1ccccc1)C(=O)N1CCC2(CC1)CNc1ccccc12. The fraction of sp³-hybridized carbons (Fsp3) is 0.516. The van der Waals surface area contributed by atoms with Crippen LogP contribution in [0, 0.1) is 5.41 Å². The van der Waals surface area contributed by atoms with Crippen molar-refractivity contribution in [1.82, 2.24) is 10.2 Å². The maximum Gasteiger partial charge on any atom is 0.321 e. The van der Waals surface area contributed by atoms with Crippen LogP contribution in [-0.4, -0.2) is 67.1 Å². The van der Waals surface area contributed by atoms with Crippen LogP contribution >= 0.6 is 0 Å². The number of carbonyl (C=O) groups excluding carboxylic acids is 3. The minimum absolute atomic E-state index is 0.00251. The predicted octanol–water partition coefficient (Wildman–Crippen LogP) is 2.98. The van der Waals surface area contributed by atoms with Crippen molar-refractivity contribution in [2.45, 2.75) is 64.2 Å². The van der Waals surface area contributed by atoms with E-state index in [-0.39, 0.29) is 24.5 Å². The van der Waals surface area contributed by atoms with Crippen molar-refractivity contribution in [2.24, 2.45) is 11.1 Å². The Labute approximate surface area is 236 Å². The van der Waals surface area contributed by atoms with Gasteiger partial charge >= 0.3 is 5.97 Å². The molecule has 2 aromatic carbocycles. The first-order valence-electron chi connectivity index (χ1n) is 14.0. The molecule has 40 heavy (non-hydrogen) atoms. The molecule has 0 unspecified atom stereocenters. The molecule has 0 radical (unpaired) electrons. The Morgan fingerprint density at radius 3 is 2.35 bits per heavy atom. The second-order valence-corrected chi connectivity index (χ2v) is 12.0. The van der Waals surface area contributed by atoms with Crippen molar-refractivity contribution in [1.29, 1.82) is 0 Å². The number of fused-ring (bicyclic) bond motifs is 2. The molecule has 4 N–H and O–H groups in total. The number of rotatable bonds is 10. The molecule has 4 rings (SSSR count). The number of hydrogen-bond donors (Lipinski definition) is 3. The van der Waals surface area contributed by atoms with Gasteiger partial charge in [0, 0.05) is 37.3 Å². The lowest BCUT2D eigenvalue weighted by Gasteiger charge is -2.40. The zero-order valence-electron chi connectivity index (χ0n) is 24.0. The number of benzene rings is 2. The molecule has 0 aromatic heterocycles. The third kappa shape index (κ3) is 6.47. The molecule has 1 atom stereocenters. The number of para-hydroxylation sites is 1. The number of anilines is 1. The molecule has 2 aliphatic heterocycles. The molecule has 9 heteroatoms. The summed E-state index contributed by atoms with van der Waals surface area (Å²) in [5.74, 6) is -1.53. The van der Waals surface area contributed by atoms with Gasteiger partial charge in [-0.25, -0.2) is 0 Å². The Balaban J connectivity index is 1.45. The Morgan fingerprint density at radius 1 is 1.02 bits per heavy atom. The summed E-state index contributed by atoms with van der Waals surface area (Å²) in [6.07, 6.45) is 1.64. The van der Waals surface area contributed by atoms with Crippen LogP contribution in [-0.2, 0) is 35.9 Å². The van der Waals surface area contributed by atoms with E-state index >= 15 is 0 Å². The molecule has 2 amide bonds. The predicted molar refractivity (Wildman–Crippen MR) is 153 cm³/mol. The zero-order valence-corrected chi connectivity index (χ0v) is 24.0. The van der Waals surface area contributed by atoms with Gasteiger partial charge in [0.15, 0.2) is 0 Å². The lowest BCUT2D eigenvalue weighted by molar-refractivity contribution is -0.170. The van der Waals surface area contributed by atoms with Crippen molar-refractivity contribution in [3.63, 3.8) is 0 Å². The van der Waals surface area contributed by atoms with Gasteiger partial charge in [-0.3, -0.25) is 14.4 Å². The highest BCUT2D eigenvalue weighted by molar-refractivity contribution is 6.03. The Hall–Kier alpha value is -3.43. The number of nitrogens with zero attached hydrogens (tertiary/aromatic N) is 1. The standard InChI is InChI=1S/C31H42N4O5/c1-29(2,20-32)40-28(38)30(3,4)27(37)34-25(19-39-18-22-10-6-5-7-11-22)26(36)35-16-14-31(15-17-35)21-33-24-13-9-8-12-23(24)31/h5-13,25,33H,14-21,32H2,1-4H3,(H,34,37)/t25-/m1/s1. The summed E-state index contributed by atoms with van der Waals surface area (Å²) in [5, 5.41) is 6.31. The van der Waals surface area contributed by atoms with Crippen LogP contribution < -0.4 is 16.4 Å². The molecule has 1 fully saturated rings. The number of nitrogens with two attached hydrogens (primary N) is 1. The van der Waals surface area contributed by atoms with Crippen LogP contribution in [0.15, 0.2) is 54.6 Å². The van der Waals surface area contributed by atoms with Crippen molar-refractivity contribution >= 4 is 23.5 Å². The lowest BCUT2D eigenvalue weighted by atomic mass is 9.74. The zero-order chi connectivity index (χ0) is 29.0. The Kier molecular flexibility index (Phi) is 8.85. The first-order valence-corrected chi connectivity index (χ1v) is 14.0. The van der Waals surface area contributed by atoms with Crippen LogP contribution in [0.2, 0.25) is 0 Å². The molecule has 2 aliphatic rings. The fourth-order valence-corrected chi connectivity index (χ4v) is 5.18. The van der Waals surface area contributed by atoms with Crippen LogP contribution in [0.1, 0.15) is 51.7 Å². The average molecular weight is 551 g/mol. The molecule has 9 nitrogen and oxygen atoms in total. The Morgan fingerprint density at radius 2 is 1.68 bits per heavy atom. The van der Waals surface area contributed by atoms with Crippen LogP contribution in [0.5, 0.6) is 0 Å². The highest BCUT2D eigenvalue weighted by atomic mass is 16.6. The summed E-state index contributed by atoms with van der Waals surface area (Å²) < 4.78 is 11.4.